The first-order chi connectivity index (χ1) is 9.15. The molecule has 1 N–H and O–H groups in total. The second-order valence-electron chi connectivity index (χ2n) is 4.13. The Morgan fingerprint density at radius 3 is 2.89 bits per heavy atom. The summed E-state index contributed by atoms with van der Waals surface area (Å²) < 4.78 is 24.0. The molecule has 1 aromatic carbocycles. The van der Waals surface area contributed by atoms with Gasteiger partial charge in [-0.15, -0.1) is 0 Å². The van der Waals surface area contributed by atoms with Crippen LogP contribution in [0.3, 0.4) is 0 Å². The molecule has 2 rings (SSSR count). The molecule has 0 saturated carbocycles. The second kappa shape index (κ2) is 5.79. The summed E-state index contributed by atoms with van der Waals surface area (Å²) in [6.07, 6.45) is 1.41. The number of methoxy groups -OCH3 is 1. The molecule has 0 saturated heterocycles. The Morgan fingerprint density at radius 2 is 2.26 bits per heavy atom. The van der Waals surface area contributed by atoms with Gasteiger partial charge in [0.1, 0.15) is 17.7 Å². The zero-order valence-corrected chi connectivity index (χ0v) is 10.8. The van der Waals surface area contributed by atoms with Crippen LogP contribution in [0.1, 0.15) is 31.7 Å². The summed E-state index contributed by atoms with van der Waals surface area (Å²) in [6.45, 7) is 2.02. The molecule has 1 atom stereocenters. The fourth-order valence-corrected chi connectivity index (χ4v) is 1.77. The second-order valence-corrected chi connectivity index (χ2v) is 4.13. The molecule has 6 heteroatoms. The van der Waals surface area contributed by atoms with Gasteiger partial charge in [0.2, 0.25) is 5.82 Å². The predicted molar refractivity (Wildman–Crippen MR) is 66.0 cm³/mol. The van der Waals surface area contributed by atoms with Crippen LogP contribution in [0, 0.1) is 5.82 Å². The number of halogens is 1. The number of ether oxygens (including phenoxy) is 1. The van der Waals surface area contributed by atoms with Crippen LogP contribution in [0.15, 0.2) is 22.7 Å². The van der Waals surface area contributed by atoms with Crippen molar-refractivity contribution in [1.29, 1.82) is 0 Å². The number of nitrogens with zero attached hydrogens (tertiary/aromatic N) is 2. The molecule has 19 heavy (non-hydrogen) atoms. The normalized spacial score (nSPS) is 12.6. The van der Waals surface area contributed by atoms with Gasteiger partial charge in [0, 0.05) is 13.2 Å². The van der Waals surface area contributed by atoms with E-state index in [1.54, 1.807) is 7.11 Å². The van der Waals surface area contributed by atoms with Gasteiger partial charge in [0.15, 0.2) is 0 Å². The van der Waals surface area contributed by atoms with Gasteiger partial charge in [-0.25, -0.2) is 4.39 Å². The molecule has 0 spiro atoms. The van der Waals surface area contributed by atoms with Crippen molar-refractivity contribution in [3.05, 3.63) is 29.8 Å². The standard InChI is InChI=1S/C13H15FN2O3/c1-3-4-11(18-2)12-15-13(19-16-12)9-6-5-8(17)7-10(9)14/h5-7,11,17H,3-4H2,1-2H3. The third kappa shape index (κ3) is 2.90. The molecule has 0 fully saturated rings. The van der Waals surface area contributed by atoms with Crippen LogP contribution >= 0.6 is 0 Å². The van der Waals surface area contributed by atoms with E-state index in [9.17, 15) is 4.39 Å². The van der Waals surface area contributed by atoms with Crippen LogP contribution in [0.4, 0.5) is 4.39 Å². The van der Waals surface area contributed by atoms with Crippen molar-refractivity contribution < 1.29 is 18.8 Å². The highest BCUT2D eigenvalue weighted by molar-refractivity contribution is 5.55. The summed E-state index contributed by atoms with van der Waals surface area (Å²) in [7, 11) is 1.57. The SMILES string of the molecule is CCCC(OC)c1noc(-c2ccc(O)cc2F)n1. The van der Waals surface area contributed by atoms with E-state index >= 15 is 0 Å². The molecular weight excluding hydrogens is 251 g/mol. The molecule has 102 valence electrons. The monoisotopic (exact) mass is 266 g/mol. The highest BCUT2D eigenvalue weighted by Gasteiger charge is 2.19. The minimum absolute atomic E-state index is 0.0747. The van der Waals surface area contributed by atoms with E-state index in [4.69, 9.17) is 14.4 Å². The molecule has 1 heterocycles. The Bertz CT molecular complexity index is 557. The molecule has 0 aliphatic carbocycles. The fourth-order valence-electron chi connectivity index (χ4n) is 1.77. The Hall–Kier alpha value is -1.95. The average molecular weight is 266 g/mol. The van der Waals surface area contributed by atoms with Crippen molar-refractivity contribution in [3.8, 4) is 17.2 Å². The van der Waals surface area contributed by atoms with Crippen molar-refractivity contribution in [1.82, 2.24) is 10.1 Å². The summed E-state index contributed by atoms with van der Waals surface area (Å²) in [5, 5.41) is 13.0. The number of hydrogen-bond acceptors (Lipinski definition) is 5. The Balaban J connectivity index is 2.29. The number of phenols is 1. The van der Waals surface area contributed by atoms with Gasteiger partial charge >= 0.3 is 0 Å². The molecule has 0 aliphatic rings. The van der Waals surface area contributed by atoms with Gasteiger partial charge in [-0.1, -0.05) is 18.5 Å². The van der Waals surface area contributed by atoms with Crippen molar-refractivity contribution >= 4 is 0 Å². The van der Waals surface area contributed by atoms with Gasteiger partial charge in [0.05, 0.1) is 5.56 Å². The van der Waals surface area contributed by atoms with Crippen molar-refractivity contribution in [3.63, 3.8) is 0 Å². The van der Waals surface area contributed by atoms with Crippen LogP contribution in [0.2, 0.25) is 0 Å². The van der Waals surface area contributed by atoms with Gasteiger partial charge in [-0.2, -0.15) is 4.98 Å². The summed E-state index contributed by atoms with van der Waals surface area (Å²) in [5.74, 6) is -0.293. The third-order valence-electron chi connectivity index (χ3n) is 2.75. The van der Waals surface area contributed by atoms with Gasteiger partial charge in [0.25, 0.3) is 5.89 Å². The lowest BCUT2D eigenvalue weighted by Crippen LogP contribution is -2.03. The first kappa shape index (κ1) is 13.5. The fraction of sp³-hybridized carbons (Fsp3) is 0.385. The van der Waals surface area contributed by atoms with Gasteiger partial charge < -0.3 is 14.4 Å². The van der Waals surface area contributed by atoms with E-state index in [1.807, 2.05) is 6.92 Å². The molecule has 1 aromatic heterocycles. The Kier molecular flexibility index (Phi) is 4.11. The van der Waals surface area contributed by atoms with E-state index in [1.165, 1.54) is 12.1 Å². The minimum Gasteiger partial charge on any atom is -0.508 e. The molecule has 5 nitrogen and oxygen atoms in total. The third-order valence-corrected chi connectivity index (χ3v) is 2.75. The van der Waals surface area contributed by atoms with Crippen molar-refractivity contribution in [2.75, 3.05) is 7.11 Å². The van der Waals surface area contributed by atoms with Crippen LogP contribution in [0.25, 0.3) is 11.5 Å². The first-order valence-electron chi connectivity index (χ1n) is 6.01. The van der Waals surface area contributed by atoms with E-state index in [0.29, 0.717) is 5.82 Å². The summed E-state index contributed by atoms with van der Waals surface area (Å²) in [4.78, 5) is 4.14. The van der Waals surface area contributed by atoms with E-state index in [-0.39, 0.29) is 23.3 Å². The predicted octanol–water partition coefficient (Wildman–Crippen LogP) is 3.07. The highest BCUT2D eigenvalue weighted by Crippen LogP contribution is 2.27. The maximum Gasteiger partial charge on any atom is 0.260 e. The summed E-state index contributed by atoms with van der Waals surface area (Å²) in [6, 6.07) is 3.75. The van der Waals surface area contributed by atoms with E-state index in [2.05, 4.69) is 10.1 Å². The average Bonchev–Trinajstić information content (AvgIpc) is 2.85. The molecule has 0 radical (unpaired) electrons. The zero-order valence-electron chi connectivity index (χ0n) is 10.8. The van der Waals surface area contributed by atoms with Crippen LogP contribution in [0.5, 0.6) is 5.75 Å². The van der Waals surface area contributed by atoms with Crippen LogP contribution in [-0.2, 0) is 4.74 Å². The van der Waals surface area contributed by atoms with Crippen LogP contribution < -0.4 is 0 Å². The maximum atomic E-state index is 13.7. The van der Waals surface area contributed by atoms with Crippen molar-refractivity contribution in [2.24, 2.45) is 0 Å². The van der Waals surface area contributed by atoms with Gasteiger partial charge in [-0.05, 0) is 18.6 Å². The summed E-state index contributed by atoms with van der Waals surface area (Å²) in [5.41, 5.74) is 0.155. The Morgan fingerprint density at radius 1 is 1.47 bits per heavy atom. The molecule has 0 aliphatic heterocycles. The Labute approximate surface area is 110 Å². The van der Waals surface area contributed by atoms with Crippen LogP contribution in [-0.4, -0.2) is 22.4 Å². The number of benzene rings is 1. The molecule has 1 unspecified atom stereocenters. The minimum atomic E-state index is -0.611. The molecule has 0 amide bonds. The lowest BCUT2D eigenvalue weighted by atomic mass is 10.2. The molecular formula is C13H15FN2O3. The number of hydrogen-bond donors (Lipinski definition) is 1. The smallest absolute Gasteiger partial charge is 0.260 e. The molecule has 2 aromatic rings. The zero-order chi connectivity index (χ0) is 13.8. The van der Waals surface area contributed by atoms with E-state index in [0.717, 1.165) is 18.9 Å². The van der Waals surface area contributed by atoms with Gasteiger partial charge in [-0.3, -0.25) is 0 Å². The lowest BCUT2D eigenvalue weighted by Gasteiger charge is -2.08. The lowest BCUT2D eigenvalue weighted by molar-refractivity contribution is 0.0854. The maximum absolute atomic E-state index is 13.7. The molecule has 0 bridgehead atoms. The van der Waals surface area contributed by atoms with E-state index < -0.39 is 5.82 Å². The number of aromatic hydroxyl groups is 1. The largest absolute Gasteiger partial charge is 0.508 e. The number of rotatable bonds is 5. The summed E-state index contributed by atoms with van der Waals surface area (Å²) >= 11 is 0. The number of phenolic OH excluding ortho intramolecular Hbond substituents is 1. The number of aromatic nitrogens is 2. The first-order valence-corrected chi connectivity index (χ1v) is 6.01. The highest BCUT2D eigenvalue weighted by atomic mass is 19.1. The van der Waals surface area contributed by atoms with Crippen molar-refractivity contribution in [2.45, 2.75) is 25.9 Å². The topological polar surface area (TPSA) is 68.4 Å². The quantitative estimate of drug-likeness (QED) is 0.900.